The molecule has 0 aliphatic carbocycles. The molecule has 0 fully saturated rings. The topological polar surface area (TPSA) is 84.2 Å². The highest BCUT2D eigenvalue weighted by Gasteiger charge is 2.08. The van der Waals surface area contributed by atoms with E-state index in [0.29, 0.717) is 5.69 Å². The second-order valence-corrected chi connectivity index (χ2v) is 4.14. The highest BCUT2D eigenvalue weighted by atomic mass is 19.1. The van der Waals surface area contributed by atoms with Crippen LogP contribution in [-0.4, -0.2) is 11.9 Å². The Bertz CT molecular complexity index is 687. The van der Waals surface area contributed by atoms with Gasteiger partial charge in [0.25, 0.3) is 0 Å². The lowest BCUT2D eigenvalue weighted by molar-refractivity contribution is 0.100. The second kappa shape index (κ2) is 6.00. The monoisotopic (exact) mass is 291 g/mol. The highest BCUT2D eigenvalue weighted by Crippen LogP contribution is 2.16. The molecule has 0 aliphatic rings. The first-order chi connectivity index (χ1) is 9.95. The lowest BCUT2D eigenvalue weighted by atomic mass is 10.2. The van der Waals surface area contributed by atoms with E-state index in [9.17, 15) is 18.4 Å². The van der Waals surface area contributed by atoms with Crippen molar-refractivity contribution in [2.24, 2.45) is 5.73 Å². The minimum Gasteiger partial charge on any atom is -0.366 e. The number of hydrogen-bond donors (Lipinski definition) is 3. The summed E-state index contributed by atoms with van der Waals surface area (Å²) in [5.74, 6) is -2.01. The predicted octanol–water partition coefficient (Wildman–Crippen LogP) is 2.71. The van der Waals surface area contributed by atoms with E-state index in [1.165, 1.54) is 24.3 Å². The summed E-state index contributed by atoms with van der Waals surface area (Å²) in [5, 5.41) is 4.59. The normalized spacial score (nSPS) is 10.0. The number of benzene rings is 2. The molecule has 2 rings (SSSR count). The Morgan fingerprint density at radius 3 is 2.24 bits per heavy atom. The van der Waals surface area contributed by atoms with Crippen molar-refractivity contribution in [2.45, 2.75) is 0 Å². The summed E-state index contributed by atoms with van der Waals surface area (Å²) in [6, 6.07) is 7.76. The van der Waals surface area contributed by atoms with Gasteiger partial charge in [-0.2, -0.15) is 0 Å². The molecular weight excluding hydrogens is 280 g/mol. The summed E-state index contributed by atoms with van der Waals surface area (Å²) < 4.78 is 26.3. The molecule has 0 atom stereocenters. The van der Waals surface area contributed by atoms with Crippen molar-refractivity contribution >= 4 is 23.3 Å². The van der Waals surface area contributed by atoms with Crippen LogP contribution >= 0.6 is 0 Å². The van der Waals surface area contributed by atoms with Crippen molar-refractivity contribution in [1.82, 2.24) is 0 Å². The van der Waals surface area contributed by atoms with Gasteiger partial charge in [0.15, 0.2) is 0 Å². The lowest BCUT2D eigenvalue weighted by Gasteiger charge is -2.08. The zero-order chi connectivity index (χ0) is 15.4. The molecule has 0 bridgehead atoms. The minimum atomic E-state index is -0.754. The molecule has 108 valence electrons. The van der Waals surface area contributed by atoms with Crippen molar-refractivity contribution < 1.29 is 18.4 Å². The van der Waals surface area contributed by atoms with Gasteiger partial charge in [0.1, 0.15) is 11.6 Å². The Morgan fingerprint density at radius 2 is 1.62 bits per heavy atom. The first-order valence-electron chi connectivity index (χ1n) is 5.88. The smallest absolute Gasteiger partial charge is 0.323 e. The quantitative estimate of drug-likeness (QED) is 0.812. The maximum Gasteiger partial charge on any atom is 0.323 e. The van der Waals surface area contributed by atoms with Gasteiger partial charge in [-0.05, 0) is 36.4 Å². The van der Waals surface area contributed by atoms with Crippen LogP contribution in [0.25, 0.3) is 0 Å². The molecule has 4 N–H and O–H groups in total. The molecule has 0 aliphatic heterocycles. The van der Waals surface area contributed by atoms with Crippen molar-refractivity contribution in [1.29, 1.82) is 0 Å². The molecule has 2 aromatic rings. The van der Waals surface area contributed by atoms with E-state index in [4.69, 9.17) is 5.73 Å². The fraction of sp³-hybridized carbons (Fsp3) is 0. The van der Waals surface area contributed by atoms with Gasteiger partial charge in [0.05, 0.1) is 5.69 Å². The first-order valence-corrected chi connectivity index (χ1v) is 5.88. The molecule has 0 radical (unpaired) electrons. The third kappa shape index (κ3) is 3.75. The van der Waals surface area contributed by atoms with Gasteiger partial charge in [0.2, 0.25) is 5.91 Å². The minimum absolute atomic E-state index is 0.277. The van der Waals surface area contributed by atoms with E-state index in [0.717, 1.165) is 18.2 Å². The molecule has 0 saturated heterocycles. The average Bonchev–Trinajstić information content (AvgIpc) is 2.43. The maximum absolute atomic E-state index is 13.3. The summed E-state index contributed by atoms with van der Waals surface area (Å²) in [5.41, 5.74) is 5.46. The van der Waals surface area contributed by atoms with Crippen LogP contribution in [-0.2, 0) is 0 Å². The van der Waals surface area contributed by atoms with Crippen molar-refractivity contribution in [3.63, 3.8) is 0 Å². The molecule has 0 aromatic heterocycles. The van der Waals surface area contributed by atoms with Gasteiger partial charge in [-0.3, -0.25) is 4.79 Å². The Labute approximate surface area is 118 Å². The number of anilines is 2. The lowest BCUT2D eigenvalue weighted by Crippen LogP contribution is -2.20. The van der Waals surface area contributed by atoms with Gasteiger partial charge >= 0.3 is 6.03 Å². The third-order valence-corrected chi connectivity index (χ3v) is 2.60. The fourth-order valence-corrected chi connectivity index (χ4v) is 1.60. The fourth-order valence-electron chi connectivity index (χ4n) is 1.60. The average molecular weight is 291 g/mol. The highest BCUT2D eigenvalue weighted by molar-refractivity contribution is 6.00. The summed E-state index contributed by atoms with van der Waals surface area (Å²) in [4.78, 5) is 22.6. The Morgan fingerprint density at radius 1 is 0.952 bits per heavy atom. The van der Waals surface area contributed by atoms with E-state index < -0.39 is 23.6 Å². The van der Waals surface area contributed by atoms with Crippen molar-refractivity contribution in [3.8, 4) is 0 Å². The zero-order valence-electron chi connectivity index (χ0n) is 10.7. The predicted molar refractivity (Wildman–Crippen MR) is 74.0 cm³/mol. The molecule has 0 saturated carbocycles. The van der Waals surface area contributed by atoms with Crippen LogP contribution in [0.4, 0.5) is 25.0 Å². The number of amides is 3. The van der Waals surface area contributed by atoms with Crippen LogP contribution in [0.2, 0.25) is 0 Å². The Balaban J connectivity index is 2.04. The molecular formula is C14H11F2N3O2. The number of hydrogen-bond acceptors (Lipinski definition) is 2. The zero-order valence-corrected chi connectivity index (χ0v) is 10.7. The van der Waals surface area contributed by atoms with Gasteiger partial charge in [-0.25, -0.2) is 13.6 Å². The number of urea groups is 1. The molecule has 0 unspecified atom stereocenters. The van der Waals surface area contributed by atoms with Crippen LogP contribution < -0.4 is 16.4 Å². The van der Waals surface area contributed by atoms with E-state index in [1.54, 1.807) is 0 Å². The van der Waals surface area contributed by atoms with Gasteiger partial charge < -0.3 is 16.4 Å². The maximum atomic E-state index is 13.3. The first kappa shape index (κ1) is 14.4. The Kier molecular flexibility index (Phi) is 4.13. The van der Waals surface area contributed by atoms with Crippen LogP contribution in [0.5, 0.6) is 0 Å². The molecule has 7 heteroatoms. The molecule has 0 heterocycles. The number of halogens is 2. The molecule has 21 heavy (non-hydrogen) atoms. The van der Waals surface area contributed by atoms with Gasteiger partial charge in [-0.15, -0.1) is 0 Å². The second-order valence-electron chi connectivity index (χ2n) is 4.14. The molecule has 3 amide bonds. The third-order valence-electron chi connectivity index (χ3n) is 2.60. The van der Waals surface area contributed by atoms with E-state index >= 15 is 0 Å². The summed E-state index contributed by atoms with van der Waals surface area (Å²) >= 11 is 0. The number of nitrogens with two attached hydrogens (primary N) is 1. The summed E-state index contributed by atoms with van der Waals surface area (Å²) in [6.45, 7) is 0. The molecule has 0 spiro atoms. The standard InChI is InChI=1S/C14H11F2N3O2/c15-9-3-6-11(16)12(7-9)19-14(21)18-10-4-1-8(2-5-10)13(17)20/h1-7H,(H2,17,20)(H2,18,19,21). The van der Waals surface area contributed by atoms with Crippen LogP contribution in [0.1, 0.15) is 10.4 Å². The number of carbonyl (C=O) groups is 2. The van der Waals surface area contributed by atoms with E-state index in [2.05, 4.69) is 10.6 Å². The van der Waals surface area contributed by atoms with Crippen molar-refractivity contribution in [2.75, 3.05) is 10.6 Å². The SMILES string of the molecule is NC(=O)c1ccc(NC(=O)Nc2cc(F)ccc2F)cc1. The van der Waals surface area contributed by atoms with Gasteiger partial charge in [0, 0.05) is 17.3 Å². The van der Waals surface area contributed by atoms with E-state index in [-0.39, 0.29) is 11.3 Å². The number of nitrogens with one attached hydrogen (secondary N) is 2. The van der Waals surface area contributed by atoms with Gasteiger partial charge in [-0.1, -0.05) is 0 Å². The van der Waals surface area contributed by atoms with E-state index in [1.807, 2.05) is 0 Å². The van der Waals surface area contributed by atoms with Crippen molar-refractivity contribution in [3.05, 3.63) is 59.7 Å². The van der Waals surface area contributed by atoms with Crippen LogP contribution in [0, 0.1) is 11.6 Å². The Hall–Kier alpha value is -2.96. The number of primary amides is 1. The largest absolute Gasteiger partial charge is 0.366 e. The summed E-state index contributed by atoms with van der Waals surface area (Å²) in [7, 11) is 0. The number of rotatable bonds is 3. The van der Waals surface area contributed by atoms with Crippen LogP contribution in [0.3, 0.4) is 0 Å². The molecule has 5 nitrogen and oxygen atoms in total. The molecule has 2 aromatic carbocycles. The number of carbonyl (C=O) groups excluding carboxylic acids is 2. The summed E-state index contributed by atoms with van der Waals surface area (Å²) in [6.07, 6.45) is 0. The van der Waals surface area contributed by atoms with Crippen LogP contribution in [0.15, 0.2) is 42.5 Å².